The number of rotatable bonds is 6. The van der Waals surface area contributed by atoms with Crippen LogP contribution in [0.15, 0.2) is 42.5 Å². The van der Waals surface area contributed by atoms with Crippen molar-refractivity contribution in [2.75, 3.05) is 6.61 Å². The fourth-order valence-electron chi connectivity index (χ4n) is 2.46. The molecule has 1 unspecified atom stereocenters. The van der Waals surface area contributed by atoms with E-state index in [2.05, 4.69) is 5.32 Å². The van der Waals surface area contributed by atoms with Crippen molar-refractivity contribution in [2.45, 2.75) is 25.1 Å². The minimum atomic E-state index is -4.84. The second kappa shape index (κ2) is 8.18. The first-order valence-corrected chi connectivity index (χ1v) is 7.73. The standard InChI is InChI=1S/C18H17F4NO3/c19-17-12(2-1-3-15(17)18(20,21)22)9-16(26)23-13(10-24)8-11-4-6-14(25)7-5-11/h1-7,13,24-25H,8-10H2,(H,23,26). The van der Waals surface area contributed by atoms with Crippen molar-refractivity contribution in [3.05, 3.63) is 65.0 Å². The molecule has 0 saturated carbocycles. The highest BCUT2D eigenvalue weighted by molar-refractivity contribution is 5.79. The SMILES string of the molecule is O=C(Cc1cccc(C(F)(F)F)c1F)NC(CO)Cc1ccc(O)cc1. The summed E-state index contributed by atoms with van der Waals surface area (Å²) < 4.78 is 52.1. The maximum Gasteiger partial charge on any atom is 0.419 e. The molecule has 2 aromatic carbocycles. The van der Waals surface area contributed by atoms with Crippen LogP contribution in [-0.4, -0.2) is 28.8 Å². The van der Waals surface area contributed by atoms with Crippen LogP contribution < -0.4 is 5.32 Å². The van der Waals surface area contributed by atoms with Crippen LogP contribution in [0.3, 0.4) is 0 Å². The molecule has 140 valence electrons. The van der Waals surface area contributed by atoms with Gasteiger partial charge in [-0.1, -0.05) is 24.3 Å². The molecule has 0 spiro atoms. The van der Waals surface area contributed by atoms with E-state index in [1.807, 2.05) is 0 Å². The van der Waals surface area contributed by atoms with Crippen LogP contribution in [0.25, 0.3) is 0 Å². The summed E-state index contributed by atoms with van der Waals surface area (Å²) in [6, 6.07) is 8.17. The van der Waals surface area contributed by atoms with Crippen LogP contribution in [0.4, 0.5) is 17.6 Å². The van der Waals surface area contributed by atoms with Gasteiger partial charge in [-0.25, -0.2) is 4.39 Å². The number of aliphatic hydroxyl groups excluding tert-OH is 1. The van der Waals surface area contributed by atoms with Gasteiger partial charge < -0.3 is 15.5 Å². The van der Waals surface area contributed by atoms with E-state index in [9.17, 15) is 32.6 Å². The fraction of sp³-hybridized carbons (Fsp3) is 0.278. The Labute approximate surface area is 147 Å². The lowest BCUT2D eigenvalue weighted by Crippen LogP contribution is -2.40. The van der Waals surface area contributed by atoms with Gasteiger partial charge in [0.1, 0.15) is 11.6 Å². The second-order valence-electron chi connectivity index (χ2n) is 5.77. The van der Waals surface area contributed by atoms with Crippen LogP contribution in [0.5, 0.6) is 5.75 Å². The lowest BCUT2D eigenvalue weighted by molar-refractivity contribution is -0.140. The number of hydrogen-bond donors (Lipinski definition) is 3. The predicted octanol–water partition coefficient (Wildman–Crippen LogP) is 2.81. The molecule has 2 rings (SSSR count). The van der Waals surface area contributed by atoms with Crippen molar-refractivity contribution >= 4 is 5.91 Å². The third-order valence-corrected chi connectivity index (χ3v) is 3.74. The Morgan fingerprint density at radius 1 is 1.12 bits per heavy atom. The van der Waals surface area contributed by atoms with E-state index in [1.54, 1.807) is 12.1 Å². The Kier molecular flexibility index (Phi) is 6.20. The number of carbonyl (C=O) groups is 1. The van der Waals surface area contributed by atoms with Gasteiger partial charge in [0.25, 0.3) is 0 Å². The molecule has 0 fully saturated rings. The first-order chi connectivity index (χ1) is 12.2. The Morgan fingerprint density at radius 3 is 2.35 bits per heavy atom. The number of carbonyl (C=O) groups excluding carboxylic acids is 1. The van der Waals surface area contributed by atoms with Gasteiger partial charge in [0.15, 0.2) is 0 Å². The van der Waals surface area contributed by atoms with Gasteiger partial charge >= 0.3 is 6.18 Å². The van der Waals surface area contributed by atoms with Crippen LogP contribution >= 0.6 is 0 Å². The van der Waals surface area contributed by atoms with E-state index in [0.29, 0.717) is 6.07 Å². The van der Waals surface area contributed by atoms with Crippen LogP contribution in [0.2, 0.25) is 0 Å². The van der Waals surface area contributed by atoms with E-state index in [0.717, 1.165) is 17.7 Å². The fourth-order valence-corrected chi connectivity index (χ4v) is 2.46. The van der Waals surface area contributed by atoms with Crippen molar-refractivity contribution in [1.82, 2.24) is 5.32 Å². The number of hydrogen-bond acceptors (Lipinski definition) is 3. The Balaban J connectivity index is 2.04. The second-order valence-corrected chi connectivity index (χ2v) is 5.77. The maximum atomic E-state index is 14.0. The van der Waals surface area contributed by atoms with Gasteiger partial charge in [-0.3, -0.25) is 4.79 Å². The molecule has 1 amide bonds. The molecule has 0 saturated heterocycles. The van der Waals surface area contributed by atoms with Crippen molar-refractivity contribution in [1.29, 1.82) is 0 Å². The monoisotopic (exact) mass is 371 g/mol. The first-order valence-electron chi connectivity index (χ1n) is 7.73. The minimum absolute atomic E-state index is 0.0679. The van der Waals surface area contributed by atoms with Gasteiger partial charge in [0.2, 0.25) is 5.91 Å². The molecule has 2 aromatic rings. The lowest BCUT2D eigenvalue weighted by atomic mass is 10.0. The number of aliphatic hydroxyl groups is 1. The highest BCUT2D eigenvalue weighted by Gasteiger charge is 2.35. The Bertz CT molecular complexity index is 760. The number of alkyl halides is 3. The van der Waals surface area contributed by atoms with E-state index in [1.165, 1.54) is 12.1 Å². The van der Waals surface area contributed by atoms with Crippen LogP contribution in [-0.2, 0) is 23.8 Å². The van der Waals surface area contributed by atoms with Crippen molar-refractivity contribution in [3.8, 4) is 5.75 Å². The highest BCUT2D eigenvalue weighted by atomic mass is 19.4. The van der Waals surface area contributed by atoms with Crippen LogP contribution in [0, 0.1) is 5.82 Å². The molecular formula is C18H17F4NO3. The number of phenolic OH excluding ortho intramolecular Hbond substituents is 1. The third kappa shape index (κ3) is 5.19. The zero-order valence-corrected chi connectivity index (χ0v) is 13.6. The number of halogens is 4. The molecule has 0 radical (unpaired) electrons. The molecule has 26 heavy (non-hydrogen) atoms. The summed E-state index contributed by atoms with van der Waals surface area (Å²) >= 11 is 0. The molecule has 0 aliphatic carbocycles. The Morgan fingerprint density at radius 2 is 1.77 bits per heavy atom. The largest absolute Gasteiger partial charge is 0.508 e. The van der Waals surface area contributed by atoms with E-state index < -0.39 is 42.5 Å². The average molecular weight is 371 g/mol. The topological polar surface area (TPSA) is 69.6 Å². The molecule has 0 aliphatic heterocycles. The van der Waals surface area contributed by atoms with Gasteiger partial charge in [-0.05, 0) is 35.7 Å². The first kappa shape index (κ1) is 19.7. The summed E-state index contributed by atoms with van der Waals surface area (Å²) in [5.74, 6) is -2.12. The molecule has 4 nitrogen and oxygen atoms in total. The summed E-state index contributed by atoms with van der Waals surface area (Å²) in [6.07, 6.45) is -5.18. The van der Waals surface area contributed by atoms with E-state index >= 15 is 0 Å². The number of nitrogens with one attached hydrogen (secondary N) is 1. The third-order valence-electron chi connectivity index (χ3n) is 3.74. The van der Waals surface area contributed by atoms with Gasteiger partial charge in [0, 0.05) is 0 Å². The van der Waals surface area contributed by atoms with E-state index in [4.69, 9.17) is 0 Å². The summed E-state index contributed by atoms with van der Waals surface area (Å²) in [5, 5.41) is 21.1. The molecule has 1 atom stereocenters. The van der Waals surface area contributed by atoms with Crippen molar-refractivity contribution < 1.29 is 32.6 Å². The number of aromatic hydroxyl groups is 1. The molecule has 0 heterocycles. The number of phenols is 1. The predicted molar refractivity (Wildman–Crippen MR) is 85.9 cm³/mol. The summed E-state index contributed by atoms with van der Waals surface area (Å²) in [6.45, 7) is -0.405. The maximum absolute atomic E-state index is 14.0. The van der Waals surface area contributed by atoms with Crippen molar-refractivity contribution in [3.63, 3.8) is 0 Å². The molecule has 0 bridgehead atoms. The van der Waals surface area contributed by atoms with Crippen LogP contribution in [0.1, 0.15) is 16.7 Å². The minimum Gasteiger partial charge on any atom is -0.508 e. The van der Waals surface area contributed by atoms with Gasteiger partial charge in [0.05, 0.1) is 24.6 Å². The molecular weight excluding hydrogens is 354 g/mol. The highest BCUT2D eigenvalue weighted by Crippen LogP contribution is 2.32. The summed E-state index contributed by atoms with van der Waals surface area (Å²) in [4.78, 5) is 12.0. The number of amides is 1. The zero-order chi connectivity index (χ0) is 19.3. The Hall–Kier alpha value is -2.61. The number of benzene rings is 2. The normalized spacial score (nSPS) is 12.7. The molecule has 8 heteroatoms. The summed E-state index contributed by atoms with van der Waals surface area (Å²) in [7, 11) is 0. The lowest BCUT2D eigenvalue weighted by Gasteiger charge is -2.17. The van der Waals surface area contributed by atoms with Crippen molar-refractivity contribution in [2.24, 2.45) is 0 Å². The molecule has 0 aromatic heterocycles. The molecule has 3 N–H and O–H groups in total. The van der Waals surface area contributed by atoms with Gasteiger partial charge in [-0.2, -0.15) is 13.2 Å². The van der Waals surface area contributed by atoms with Gasteiger partial charge in [-0.15, -0.1) is 0 Å². The average Bonchev–Trinajstić information content (AvgIpc) is 2.57. The smallest absolute Gasteiger partial charge is 0.419 e. The molecule has 0 aliphatic rings. The zero-order valence-electron chi connectivity index (χ0n) is 13.6. The van der Waals surface area contributed by atoms with E-state index in [-0.39, 0.29) is 17.7 Å². The summed E-state index contributed by atoms with van der Waals surface area (Å²) in [5.41, 5.74) is -1.07. The quantitative estimate of drug-likeness (QED) is 0.684.